The lowest BCUT2D eigenvalue weighted by molar-refractivity contribution is 0.0697. The molecule has 0 aliphatic heterocycles. The Morgan fingerprint density at radius 2 is 1.88 bits per heavy atom. The van der Waals surface area contributed by atoms with Crippen LogP contribution in [0.15, 0.2) is 61.1 Å². The van der Waals surface area contributed by atoms with Crippen molar-refractivity contribution in [2.45, 2.75) is 13.5 Å². The molecular formula is C24H20N6O4. The molecule has 0 saturated heterocycles. The molecule has 2 N–H and O–H groups in total. The van der Waals surface area contributed by atoms with Crippen molar-refractivity contribution in [1.29, 1.82) is 0 Å². The number of hydrogen-bond donors (Lipinski definition) is 2. The van der Waals surface area contributed by atoms with E-state index in [2.05, 4.69) is 39.2 Å². The van der Waals surface area contributed by atoms with Crippen molar-refractivity contribution in [1.82, 2.24) is 29.5 Å². The van der Waals surface area contributed by atoms with Gasteiger partial charge in [-0.2, -0.15) is 15.2 Å². The molecule has 5 aromatic rings. The van der Waals surface area contributed by atoms with E-state index in [-0.39, 0.29) is 17.4 Å². The number of nitrogens with zero attached hydrogens (tertiary/aromatic N) is 6. The molecule has 0 radical (unpaired) electrons. The van der Waals surface area contributed by atoms with Crippen LogP contribution in [0.1, 0.15) is 21.5 Å². The van der Waals surface area contributed by atoms with Gasteiger partial charge in [-0.15, -0.1) is 0 Å². The number of hydrogen-bond acceptors (Lipinski definition) is 7. The first-order valence-electron chi connectivity index (χ1n) is 10.4. The molecule has 10 nitrogen and oxygen atoms in total. The fourth-order valence-electron chi connectivity index (χ4n) is 3.84. The molecule has 170 valence electrons. The van der Waals surface area contributed by atoms with Gasteiger partial charge >= 0.3 is 5.97 Å². The Bertz CT molecular complexity index is 1540. The topological polar surface area (TPSA) is 128 Å². The fraction of sp³-hybridized carbons (Fsp3) is 0.125. The Hall–Kier alpha value is -4.73. The fourth-order valence-corrected chi connectivity index (χ4v) is 3.84. The Kier molecular flexibility index (Phi) is 5.17. The molecule has 34 heavy (non-hydrogen) atoms. The van der Waals surface area contributed by atoms with E-state index < -0.39 is 5.97 Å². The van der Waals surface area contributed by atoms with Gasteiger partial charge in [-0.3, -0.25) is 4.68 Å². The molecule has 0 saturated carbocycles. The van der Waals surface area contributed by atoms with Crippen molar-refractivity contribution in [3.8, 4) is 28.7 Å². The van der Waals surface area contributed by atoms with Crippen LogP contribution in [0.2, 0.25) is 0 Å². The number of benzene rings is 2. The van der Waals surface area contributed by atoms with E-state index in [4.69, 9.17) is 9.84 Å². The second-order valence-corrected chi connectivity index (χ2v) is 7.71. The standard InChI is InChI=1S/C24H20N6O4/c1-14-5-3-4-6-17(14)18-8-7-15(9-20(18)34-2)12-29-21-19(11-26-29)27-24(28-22(21)31)30-13-16(10-25-30)23(32)33/h3-11,13H,12H2,1-2H3,(H,32,33)(H,27,28,31). The first kappa shape index (κ1) is 21.1. The van der Waals surface area contributed by atoms with E-state index in [0.717, 1.165) is 28.0 Å². The second-order valence-electron chi connectivity index (χ2n) is 7.71. The molecule has 2 aromatic carbocycles. The van der Waals surface area contributed by atoms with Gasteiger partial charge < -0.3 is 14.9 Å². The second kappa shape index (κ2) is 8.32. The van der Waals surface area contributed by atoms with Gasteiger partial charge in [-0.25, -0.2) is 14.5 Å². The van der Waals surface area contributed by atoms with Crippen LogP contribution in [0, 0.1) is 6.92 Å². The summed E-state index contributed by atoms with van der Waals surface area (Å²) in [5.74, 6) is -0.623. The minimum Gasteiger partial charge on any atom is -0.496 e. The van der Waals surface area contributed by atoms with Crippen LogP contribution >= 0.6 is 0 Å². The summed E-state index contributed by atoms with van der Waals surface area (Å²) in [6.45, 7) is 2.41. The van der Waals surface area contributed by atoms with Crippen molar-refractivity contribution in [2.75, 3.05) is 7.11 Å². The molecule has 0 atom stereocenters. The Morgan fingerprint density at radius 3 is 2.62 bits per heavy atom. The molecule has 0 fully saturated rings. The van der Waals surface area contributed by atoms with E-state index >= 15 is 0 Å². The summed E-state index contributed by atoms with van der Waals surface area (Å²) in [5, 5.41) is 28.0. The van der Waals surface area contributed by atoms with Crippen molar-refractivity contribution in [2.24, 2.45) is 0 Å². The summed E-state index contributed by atoms with van der Waals surface area (Å²) in [6.07, 6.45) is 3.97. The predicted octanol–water partition coefficient (Wildman–Crippen LogP) is 3.45. The summed E-state index contributed by atoms with van der Waals surface area (Å²) in [4.78, 5) is 19.5. The zero-order chi connectivity index (χ0) is 23.8. The van der Waals surface area contributed by atoms with Crippen LogP contribution in [0.5, 0.6) is 11.6 Å². The van der Waals surface area contributed by atoms with E-state index in [1.165, 1.54) is 23.3 Å². The van der Waals surface area contributed by atoms with Crippen molar-refractivity contribution >= 4 is 17.0 Å². The molecular weight excluding hydrogens is 436 g/mol. The first-order chi connectivity index (χ1) is 16.4. The average Bonchev–Trinajstić information content (AvgIpc) is 3.48. The lowest BCUT2D eigenvalue weighted by Gasteiger charge is -2.13. The summed E-state index contributed by atoms with van der Waals surface area (Å²) in [6, 6.07) is 14.0. The molecule has 0 amide bonds. The average molecular weight is 456 g/mol. The minimum atomic E-state index is -1.12. The zero-order valence-corrected chi connectivity index (χ0v) is 18.4. The number of fused-ring (bicyclic) bond motifs is 1. The van der Waals surface area contributed by atoms with Crippen LogP contribution in [-0.4, -0.2) is 52.8 Å². The summed E-state index contributed by atoms with van der Waals surface area (Å²) >= 11 is 0. The third-order valence-corrected chi connectivity index (χ3v) is 5.53. The molecule has 0 aliphatic rings. The van der Waals surface area contributed by atoms with Crippen LogP contribution in [0.25, 0.3) is 28.1 Å². The van der Waals surface area contributed by atoms with Crippen LogP contribution < -0.4 is 4.74 Å². The van der Waals surface area contributed by atoms with Gasteiger partial charge in [0, 0.05) is 11.8 Å². The number of aromatic carboxylic acids is 1. The summed E-state index contributed by atoms with van der Waals surface area (Å²) in [7, 11) is 1.64. The molecule has 0 bridgehead atoms. The van der Waals surface area contributed by atoms with E-state index in [1.54, 1.807) is 11.8 Å². The molecule has 5 rings (SSSR count). The van der Waals surface area contributed by atoms with Crippen LogP contribution in [0.4, 0.5) is 0 Å². The molecule has 0 aliphatic carbocycles. The number of methoxy groups -OCH3 is 1. The third-order valence-electron chi connectivity index (χ3n) is 5.53. The largest absolute Gasteiger partial charge is 0.496 e. The van der Waals surface area contributed by atoms with Crippen molar-refractivity contribution in [3.05, 3.63) is 77.7 Å². The van der Waals surface area contributed by atoms with Gasteiger partial charge in [-0.1, -0.05) is 36.4 Å². The number of aryl methyl sites for hydroxylation is 1. The summed E-state index contributed by atoms with van der Waals surface area (Å²) in [5.41, 5.74) is 4.90. The van der Waals surface area contributed by atoms with Gasteiger partial charge in [0.15, 0.2) is 0 Å². The predicted molar refractivity (Wildman–Crippen MR) is 123 cm³/mol. The van der Waals surface area contributed by atoms with E-state index in [0.29, 0.717) is 17.6 Å². The highest BCUT2D eigenvalue weighted by atomic mass is 16.5. The maximum atomic E-state index is 11.1. The highest BCUT2D eigenvalue weighted by Gasteiger charge is 2.17. The minimum absolute atomic E-state index is 0.0121. The number of aromatic nitrogens is 6. The molecule has 0 spiro atoms. The maximum Gasteiger partial charge on any atom is 0.338 e. The smallest absolute Gasteiger partial charge is 0.338 e. The Morgan fingerprint density at radius 1 is 1.06 bits per heavy atom. The SMILES string of the molecule is COc1cc(Cn2ncc3nc(-n4cc(C(=O)O)cn4)nc(O)c32)ccc1-c1ccccc1C. The number of ether oxygens (including phenoxy) is 1. The van der Waals surface area contributed by atoms with E-state index in [1.807, 2.05) is 30.3 Å². The third kappa shape index (κ3) is 3.71. The number of carboxylic acids is 1. The number of aromatic hydroxyl groups is 1. The Balaban J connectivity index is 1.48. The highest BCUT2D eigenvalue weighted by molar-refractivity contribution is 5.87. The van der Waals surface area contributed by atoms with Gasteiger partial charge in [0.1, 0.15) is 16.8 Å². The normalized spacial score (nSPS) is 11.1. The van der Waals surface area contributed by atoms with Gasteiger partial charge in [0.2, 0.25) is 5.88 Å². The highest BCUT2D eigenvalue weighted by Crippen LogP contribution is 2.33. The van der Waals surface area contributed by atoms with Crippen LogP contribution in [-0.2, 0) is 6.54 Å². The number of carbonyl (C=O) groups is 1. The van der Waals surface area contributed by atoms with Gasteiger partial charge in [-0.05, 0) is 29.7 Å². The number of rotatable bonds is 6. The zero-order valence-electron chi connectivity index (χ0n) is 18.4. The lowest BCUT2D eigenvalue weighted by Crippen LogP contribution is -2.05. The monoisotopic (exact) mass is 456 g/mol. The Labute approximate surface area is 193 Å². The maximum absolute atomic E-state index is 11.1. The molecule has 3 heterocycles. The molecule has 0 unspecified atom stereocenters. The summed E-state index contributed by atoms with van der Waals surface area (Å²) < 4.78 is 8.44. The molecule has 3 aromatic heterocycles. The van der Waals surface area contributed by atoms with Gasteiger partial charge in [0.25, 0.3) is 5.95 Å². The van der Waals surface area contributed by atoms with Crippen molar-refractivity contribution in [3.63, 3.8) is 0 Å². The first-order valence-corrected chi connectivity index (χ1v) is 10.4. The van der Waals surface area contributed by atoms with E-state index in [9.17, 15) is 9.90 Å². The lowest BCUT2D eigenvalue weighted by atomic mass is 9.98. The van der Waals surface area contributed by atoms with Gasteiger partial charge in [0.05, 0.1) is 31.6 Å². The number of carboxylic acid groups (broad SMARTS) is 1. The molecule has 10 heteroatoms. The quantitative estimate of drug-likeness (QED) is 0.398. The van der Waals surface area contributed by atoms with Crippen LogP contribution in [0.3, 0.4) is 0 Å². The van der Waals surface area contributed by atoms with Crippen molar-refractivity contribution < 1.29 is 19.7 Å².